The number of amides is 1. The van der Waals surface area contributed by atoms with E-state index in [9.17, 15) is 4.79 Å². The summed E-state index contributed by atoms with van der Waals surface area (Å²) in [6.07, 6.45) is 0.885. The molecular formula is C22H25ClN4OS. The van der Waals surface area contributed by atoms with Crippen molar-refractivity contribution >= 4 is 44.9 Å². The molecule has 2 heterocycles. The van der Waals surface area contributed by atoms with Gasteiger partial charge in [0.05, 0.1) is 10.6 Å². The Morgan fingerprint density at radius 3 is 2.59 bits per heavy atom. The van der Waals surface area contributed by atoms with Crippen molar-refractivity contribution in [1.29, 1.82) is 0 Å². The summed E-state index contributed by atoms with van der Waals surface area (Å²) in [5.41, 5.74) is 7.66. The molecule has 1 saturated heterocycles. The van der Waals surface area contributed by atoms with Gasteiger partial charge in [-0.25, -0.2) is 0 Å². The van der Waals surface area contributed by atoms with Gasteiger partial charge >= 0.3 is 0 Å². The minimum Gasteiger partial charge on any atom is -0.369 e. The molecule has 2 N–H and O–H groups in total. The van der Waals surface area contributed by atoms with Crippen LogP contribution in [0, 0.1) is 0 Å². The Bertz CT molecular complexity index is 984. The van der Waals surface area contributed by atoms with Gasteiger partial charge in [0.15, 0.2) is 0 Å². The van der Waals surface area contributed by atoms with Gasteiger partial charge in [0, 0.05) is 44.0 Å². The maximum Gasteiger partial charge on any atom is 0.226 e. The molecule has 1 aliphatic heterocycles. The molecule has 5 nitrogen and oxygen atoms in total. The lowest BCUT2D eigenvalue weighted by Gasteiger charge is -2.35. The average molecular weight is 429 g/mol. The Balaban J connectivity index is 1.37. The van der Waals surface area contributed by atoms with Crippen LogP contribution in [0.4, 0.5) is 5.82 Å². The third-order valence-electron chi connectivity index (χ3n) is 5.66. The molecule has 152 valence electrons. The number of nitrogens with zero attached hydrogens (tertiary/aromatic N) is 3. The van der Waals surface area contributed by atoms with Crippen molar-refractivity contribution in [2.24, 2.45) is 5.73 Å². The molecule has 1 aromatic heterocycles. The summed E-state index contributed by atoms with van der Waals surface area (Å²) in [4.78, 5) is 16.6. The second-order valence-electron chi connectivity index (χ2n) is 7.39. The normalized spacial score (nSPS) is 16.2. The van der Waals surface area contributed by atoms with E-state index in [1.54, 1.807) is 11.5 Å². The van der Waals surface area contributed by atoms with E-state index in [-0.39, 0.29) is 11.8 Å². The summed E-state index contributed by atoms with van der Waals surface area (Å²) in [6.45, 7) is 4.91. The minimum absolute atomic E-state index is 0.215. The molecule has 0 bridgehead atoms. The molecule has 3 aromatic rings. The van der Waals surface area contributed by atoms with Crippen LogP contribution in [0.15, 0.2) is 48.5 Å². The lowest BCUT2D eigenvalue weighted by atomic mass is 9.93. The molecule has 0 radical (unpaired) electrons. The van der Waals surface area contributed by atoms with Gasteiger partial charge in [-0.3, -0.25) is 9.69 Å². The second kappa shape index (κ2) is 9.11. The standard InChI is InChI=1S/C22H25ClN4OS/c23-15-19(21(24)28)17-6-2-1-5-16(17)9-10-26-11-13-27(14-12-26)22-18-7-3-4-8-20(18)29-25-22/h1-8,19H,9-15H2,(H2,24,28). The zero-order chi connectivity index (χ0) is 20.2. The highest BCUT2D eigenvalue weighted by Crippen LogP contribution is 2.30. The van der Waals surface area contributed by atoms with E-state index >= 15 is 0 Å². The van der Waals surface area contributed by atoms with Gasteiger partial charge in [-0.1, -0.05) is 36.4 Å². The van der Waals surface area contributed by atoms with Crippen LogP contribution in [-0.2, 0) is 11.2 Å². The monoisotopic (exact) mass is 428 g/mol. The third-order valence-corrected chi connectivity index (χ3v) is 6.78. The number of carbonyl (C=O) groups excluding carboxylic acids is 1. The van der Waals surface area contributed by atoms with E-state index in [0.29, 0.717) is 0 Å². The molecule has 1 amide bonds. The highest BCUT2D eigenvalue weighted by Gasteiger charge is 2.22. The van der Waals surface area contributed by atoms with Crippen LogP contribution in [0.25, 0.3) is 10.1 Å². The van der Waals surface area contributed by atoms with Crippen molar-refractivity contribution in [3.05, 3.63) is 59.7 Å². The van der Waals surface area contributed by atoms with Crippen molar-refractivity contribution in [1.82, 2.24) is 9.27 Å². The predicted molar refractivity (Wildman–Crippen MR) is 121 cm³/mol. The zero-order valence-electron chi connectivity index (χ0n) is 16.3. The molecule has 1 atom stereocenters. The molecule has 29 heavy (non-hydrogen) atoms. The van der Waals surface area contributed by atoms with E-state index in [0.717, 1.165) is 56.1 Å². The van der Waals surface area contributed by atoms with Gasteiger partial charge in [0.1, 0.15) is 5.82 Å². The number of piperazine rings is 1. The van der Waals surface area contributed by atoms with Crippen molar-refractivity contribution in [3.8, 4) is 0 Å². The minimum atomic E-state index is -0.428. The molecule has 7 heteroatoms. The Labute approximate surface area is 180 Å². The molecule has 1 fully saturated rings. The van der Waals surface area contributed by atoms with Crippen LogP contribution in [0.3, 0.4) is 0 Å². The number of hydrogen-bond donors (Lipinski definition) is 1. The lowest BCUT2D eigenvalue weighted by molar-refractivity contribution is -0.119. The molecule has 0 spiro atoms. The molecule has 0 aliphatic carbocycles. The SMILES string of the molecule is NC(=O)C(CCl)c1ccccc1CCN1CCN(c2nsc3ccccc23)CC1. The molecule has 1 unspecified atom stereocenters. The molecular weight excluding hydrogens is 404 g/mol. The number of primary amides is 1. The fourth-order valence-electron chi connectivity index (χ4n) is 3.98. The van der Waals surface area contributed by atoms with E-state index < -0.39 is 5.92 Å². The molecule has 4 rings (SSSR count). The van der Waals surface area contributed by atoms with Crippen LogP contribution in [0.2, 0.25) is 0 Å². The quantitative estimate of drug-likeness (QED) is 0.585. The van der Waals surface area contributed by atoms with E-state index in [1.807, 2.05) is 18.2 Å². The number of hydrogen-bond acceptors (Lipinski definition) is 5. The van der Waals surface area contributed by atoms with Gasteiger partial charge < -0.3 is 10.6 Å². The van der Waals surface area contributed by atoms with Crippen molar-refractivity contribution in [3.63, 3.8) is 0 Å². The van der Waals surface area contributed by atoms with E-state index in [2.05, 4.69) is 44.5 Å². The maximum absolute atomic E-state index is 11.7. The number of aromatic nitrogens is 1. The number of anilines is 1. The van der Waals surface area contributed by atoms with Crippen LogP contribution in [-0.4, -0.2) is 53.8 Å². The van der Waals surface area contributed by atoms with E-state index in [4.69, 9.17) is 17.3 Å². The van der Waals surface area contributed by atoms with Crippen molar-refractivity contribution in [2.45, 2.75) is 12.3 Å². The second-order valence-corrected chi connectivity index (χ2v) is 8.50. The Hall–Kier alpha value is -2.15. The number of rotatable bonds is 7. The first-order valence-corrected chi connectivity index (χ1v) is 11.2. The number of alkyl halides is 1. The highest BCUT2D eigenvalue weighted by molar-refractivity contribution is 7.13. The van der Waals surface area contributed by atoms with Crippen LogP contribution in [0.5, 0.6) is 0 Å². The zero-order valence-corrected chi connectivity index (χ0v) is 17.8. The highest BCUT2D eigenvalue weighted by atomic mass is 35.5. The number of nitrogens with two attached hydrogens (primary N) is 1. The molecule has 1 aliphatic rings. The summed E-state index contributed by atoms with van der Waals surface area (Å²) >= 11 is 7.57. The van der Waals surface area contributed by atoms with Gasteiger partial charge in [-0.2, -0.15) is 4.37 Å². The first-order chi connectivity index (χ1) is 14.2. The predicted octanol–water partition coefficient (Wildman–Crippen LogP) is 3.47. The fraction of sp³-hybridized carbons (Fsp3) is 0.364. The average Bonchev–Trinajstić information content (AvgIpc) is 3.18. The fourth-order valence-corrected chi connectivity index (χ4v) is 5.09. The van der Waals surface area contributed by atoms with E-state index in [1.165, 1.54) is 10.1 Å². The largest absolute Gasteiger partial charge is 0.369 e. The number of carbonyl (C=O) groups is 1. The smallest absolute Gasteiger partial charge is 0.226 e. The van der Waals surface area contributed by atoms with Gasteiger partial charge in [0.25, 0.3) is 0 Å². The Morgan fingerprint density at radius 2 is 1.83 bits per heavy atom. The Morgan fingerprint density at radius 1 is 1.10 bits per heavy atom. The number of benzene rings is 2. The summed E-state index contributed by atoms with van der Waals surface area (Å²) in [5, 5.41) is 1.25. The Kier molecular flexibility index (Phi) is 6.33. The van der Waals surface area contributed by atoms with Crippen LogP contribution < -0.4 is 10.6 Å². The van der Waals surface area contributed by atoms with Gasteiger partial charge in [0.2, 0.25) is 5.91 Å². The van der Waals surface area contributed by atoms with Crippen LogP contribution in [0.1, 0.15) is 17.0 Å². The third kappa shape index (κ3) is 4.39. The van der Waals surface area contributed by atoms with Crippen molar-refractivity contribution < 1.29 is 4.79 Å². The molecule has 0 saturated carbocycles. The summed E-state index contributed by atoms with van der Waals surface area (Å²) in [7, 11) is 0. The summed E-state index contributed by atoms with van der Waals surface area (Å²) in [6, 6.07) is 16.4. The van der Waals surface area contributed by atoms with Crippen LogP contribution >= 0.6 is 23.1 Å². The summed E-state index contributed by atoms with van der Waals surface area (Å²) in [5.74, 6) is 0.535. The number of fused-ring (bicyclic) bond motifs is 1. The topological polar surface area (TPSA) is 62.5 Å². The maximum atomic E-state index is 11.7. The molecule has 2 aromatic carbocycles. The van der Waals surface area contributed by atoms with Gasteiger partial charge in [-0.05, 0) is 41.2 Å². The lowest BCUT2D eigenvalue weighted by Crippen LogP contribution is -2.47. The first-order valence-electron chi connectivity index (χ1n) is 9.92. The van der Waals surface area contributed by atoms with Crippen molar-refractivity contribution in [2.75, 3.05) is 43.5 Å². The summed E-state index contributed by atoms with van der Waals surface area (Å²) < 4.78 is 5.93. The first kappa shape index (κ1) is 20.1. The number of halogens is 1. The van der Waals surface area contributed by atoms with Gasteiger partial charge in [-0.15, -0.1) is 11.6 Å².